The number of hydrogen-bond acceptors (Lipinski definition) is 5. The summed E-state index contributed by atoms with van der Waals surface area (Å²) in [5.41, 5.74) is 1.49. The van der Waals surface area contributed by atoms with Gasteiger partial charge in [0.25, 0.3) is 5.91 Å². The van der Waals surface area contributed by atoms with Crippen LogP contribution in [0.4, 0.5) is 5.95 Å². The lowest BCUT2D eigenvalue weighted by molar-refractivity contribution is 0.0949. The highest BCUT2D eigenvalue weighted by Gasteiger charge is 2.08. The molecule has 0 radical (unpaired) electrons. The van der Waals surface area contributed by atoms with Crippen LogP contribution in [0.1, 0.15) is 29.9 Å². The number of ether oxygens (including phenoxy) is 1. The molecule has 0 aliphatic heterocycles. The van der Waals surface area contributed by atoms with Crippen LogP contribution in [0.3, 0.4) is 0 Å². The van der Waals surface area contributed by atoms with E-state index in [1.54, 1.807) is 19.4 Å². The van der Waals surface area contributed by atoms with Gasteiger partial charge in [0.05, 0.1) is 7.11 Å². The molecule has 6 nitrogen and oxygen atoms in total. The minimum Gasteiger partial charge on any atom is -0.497 e. The third-order valence-corrected chi connectivity index (χ3v) is 3.16. The number of nitrogens with one attached hydrogen (secondary N) is 2. The summed E-state index contributed by atoms with van der Waals surface area (Å²) in [4.78, 5) is 20.4. The van der Waals surface area contributed by atoms with Gasteiger partial charge in [0.2, 0.25) is 5.95 Å². The van der Waals surface area contributed by atoms with Crippen molar-refractivity contribution in [3.05, 3.63) is 47.8 Å². The van der Waals surface area contributed by atoms with Gasteiger partial charge in [-0.25, -0.2) is 9.97 Å². The number of anilines is 1. The molecule has 1 aromatic heterocycles. The molecule has 2 aromatic rings. The molecule has 0 bridgehead atoms. The number of carbonyl (C=O) groups is 1. The highest BCUT2D eigenvalue weighted by molar-refractivity contribution is 5.92. The molecule has 0 spiro atoms. The van der Waals surface area contributed by atoms with Crippen molar-refractivity contribution in [3.8, 4) is 5.75 Å². The van der Waals surface area contributed by atoms with E-state index >= 15 is 0 Å². The first-order valence-electron chi connectivity index (χ1n) is 7.59. The number of hydrogen-bond donors (Lipinski definition) is 2. The summed E-state index contributed by atoms with van der Waals surface area (Å²) in [5, 5.41) is 5.95. The van der Waals surface area contributed by atoms with Crippen LogP contribution in [0.15, 0.2) is 36.5 Å². The van der Waals surface area contributed by atoms with Gasteiger partial charge in [0, 0.05) is 18.8 Å². The van der Waals surface area contributed by atoms with E-state index in [2.05, 4.69) is 20.6 Å². The number of carbonyl (C=O) groups excluding carboxylic acids is 1. The zero-order chi connectivity index (χ0) is 16.7. The Morgan fingerprint density at radius 2 is 1.96 bits per heavy atom. The van der Waals surface area contributed by atoms with Crippen LogP contribution < -0.4 is 15.4 Å². The summed E-state index contributed by atoms with van der Waals surface area (Å²) in [6, 6.07) is 9.61. The van der Waals surface area contributed by atoms with Crippen molar-refractivity contribution in [3.63, 3.8) is 0 Å². The lowest BCUT2D eigenvalue weighted by atomic mass is 10.1. The summed E-state index contributed by atoms with van der Waals surface area (Å²) >= 11 is 0. The number of nitrogens with zero attached hydrogens (tertiary/aromatic N) is 2. The molecule has 23 heavy (non-hydrogen) atoms. The van der Waals surface area contributed by atoms with E-state index in [9.17, 15) is 4.79 Å². The van der Waals surface area contributed by atoms with Gasteiger partial charge in [-0.2, -0.15) is 0 Å². The molecule has 1 aromatic carbocycles. The summed E-state index contributed by atoms with van der Waals surface area (Å²) in [6.07, 6.45) is 2.33. The Kier molecular flexibility index (Phi) is 5.91. The van der Waals surface area contributed by atoms with E-state index < -0.39 is 0 Å². The van der Waals surface area contributed by atoms with Crippen molar-refractivity contribution in [1.82, 2.24) is 15.3 Å². The van der Waals surface area contributed by atoms with Crippen LogP contribution in [0.5, 0.6) is 5.75 Å². The normalized spacial score (nSPS) is 10.4. The molecule has 1 amide bonds. The Morgan fingerprint density at radius 1 is 1.22 bits per heavy atom. The first-order valence-corrected chi connectivity index (χ1v) is 7.59. The molecular formula is C17H22N4O2. The van der Waals surface area contributed by atoms with E-state index in [0.717, 1.165) is 17.7 Å². The first-order chi connectivity index (χ1) is 11.1. The average molecular weight is 314 g/mol. The van der Waals surface area contributed by atoms with Crippen LogP contribution >= 0.6 is 0 Å². The Hall–Kier alpha value is -2.63. The molecule has 2 N–H and O–H groups in total. The van der Waals surface area contributed by atoms with E-state index in [1.807, 2.05) is 38.1 Å². The molecule has 0 fully saturated rings. The molecule has 0 aliphatic carbocycles. The second-order valence-electron chi connectivity index (χ2n) is 5.42. The Morgan fingerprint density at radius 3 is 2.61 bits per heavy atom. The molecule has 0 atom stereocenters. The summed E-state index contributed by atoms with van der Waals surface area (Å²) < 4.78 is 5.12. The van der Waals surface area contributed by atoms with Gasteiger partial charge in [-0.3, -0.25) is 4.79 Å². The van der Waals surface area contributed by atoms with Crippen molar-refractivity contribution in [2.24, 2.45) is 0 Å². The second-order valence-corrected chi connectivity index (χ2v) is 5.42. The highest BCUT2D eigenvalue weighted by atomic mass is 16.5. The minimum absolute atomic E-state index is 0.201. The molecule has 122 valence electrons. The SMILES string of the molecule is COc1ccc(CCNC(=O)c2ccnc(NC(C)C)n2)cc1. The standard InChI is InChI=1S/C17H22N4O2/c1-12(2)20-17-19-11-9-15(21-17)16(22)18-10-8-13-4-6-14(23-3)7-5-13/h4-7,9,11-12H,8,10H2,1-3H3,(H,18,22)(H,19,20,21). The van der Waals surface area contributed by atoms with Gasteiger partial charge in [-0.05, 0) is 44.0 Å². The van der Waals surface area contributed by atoms with E-state index in [4.69, 9.17) is 4.74 Å². The molecule has 0 aliphatic rings. The number of rotatable bonds is 7. The fourth-order valence-corrected chi connectivity index (χ4v) is 2.02. The zero-order valence-electron chi connectivity index (χ0n) is 13.7. The predicted octanol–water partition coefficient (Wildman–Crippen LogP) is 2.28. The smallest absolute Gasteiger partial charge is 0.270 e. The molecule has 0 saturated carbocycles. The lowest BCUT2D eigenvalue weighted by Crippen LogP contribution is -2.27. The van der Waals surface area contributed by atoms with E-state index in [1.165, 1.54) is 0 Å². The van der Waals surface area contributed by atoms with Crippen LogP contribution in [0, 0.1) is 0 Å². The van der Waals surface area contributed by atoms with Gasteiger partial charge < -0.3 is 15.4 Å². The number of methoxy groups -OCH3 is 1. The molecular weight excluding hydrogens is 292 g/mol. The first kappa shape index (κ1) is 16.7. The lowest BCUT2D eigenvalue weighted by Gasteiger charge is -2.09. The molecule has 1 heterocycles. The van der Waals surface area contributed by atoms with Gasteiger partial charge in [0.1, 0.15) is 11.4 Å². The van der Waals surface area contributed by atoms with Gasteiger partial charge in [-0.1, -0.05) is 12.1 Å². The average Bonchev–Trinajstić information content (AvgIpc) is 2.55. The third-order valence-electron chi connectivity index (χ3n) is 3.16. The number of amides is 1. The maximum Gasteiger partial charge on any atom is 0.270 e. The fourth-order valence-electron chi connectivity index (χ4n) is 2.02. The summed E-state index contributed by atoms with van der Waals surface area (Å²) in [7, 11) is 1.64. The van der Waals surface area contributed by atoms with Crippen molar-refractivity contribution in [2.75, 3.05) is 19.0 Å². The van der Waals surface area contributed by atoms with Crippen LogP contribution in [-0.4, -0.2) is 35.6 Å². The monoisotopic (exact) mass is 314 g/mol. The van der Waals surface area contributed by atoms with Crippen molar-refractivity contribution < 1.29 is 9.53 Å². The van der Waals surface area contributed by atoms with E-state index in [-0.39, 0.29) is 11.9 Å². The van der Waals surface area contributed by atoms with Crippen molar-refractivity contribution in [2.45, 2.75) is 26.3 Å². The molecule has 0 saturated heterocycles. The maximum atomic E-state index is 12.1. The maximum absolute atomic E-state index is 12.1. The van der Waals surface area contributed by atoms with Crippen LogP contribution in [0.25, 0.3) is 0 Å². The summed E-state index contributed by atoms with van der Waals surface area (Å²) in [5.74, 6) is 1.08. The number of benzene rings is 1. The van der Waals surface area contributed by atoms with Crippen molar-refractivity contribution >= 4 is 11.9 Å². The zero-order valence-corrected chi connectivity index (χ0v) is 13.7. The van der Waals surface area contributed by atoms with Gasteiger partial charge >= 0.3 is 0 Å². The highest BCUT2D eigenvalue weighted by Crippen LogP contribution is 2.11. The third kappa shape index (κ3) is 5.25. The molecule has 0 unspecified atom stereocenters. The predicted molar refractivity (Wildman–Crippen MR) is 89.8 cm³/mol. The van der Waals surface area contributed by atoms with Crippen LogP contribution in [0.2, 0.25) is 0 Å². The summed E-state index contributed by atoms with van der Waals surface area (Å²) in [6.45, 7) is 4.53. The minimum atomic E-state index is -0.201. The molecule has 2 rings (SSSR count). The number of aromatic nitrogens is 2. The van der Waals surface area contributed by atoms with Gasteiger partial charge in [0.15, 0.2) is 0 Å². The van der Waals surface area contributed by atoms with Gasteiger partial charge in [-0.15, -0.1) is 0 Å². The second kappa shape index (κ2) is 8.12. The fraction of sp³-hybridized carbons (Fsp3) is 0.353. The topological polar surface area (TPSA) is 76.1 Å². The molecule has 6 heteroatoms. The van der Waals surface area contributed by atoms with Crippen LogP contribution in [-0.2, 0) is 6.42 Å². The van der Waals surface area contributed by atoms with E-state index in [0.29, 0.717) is 18.2 Å². The largest absolute Gasteiger partial charge is 0.497 e. The Bertz CT molecular complexity index is 641. The Labute approximate surface area is 136 Å². The van der Waals surface area contributed by atoms with Crippen molar-refractivity contribution in [1.29, 1.82) is 0 Å². The Balaban J connectivity index is 1.86. The quantitative estimate of drug-likeness (QED) is 0.820.